The number of hydrogen-bond acceptors (Lipinski definition) is 0. The molecular weight excluding hydrogens is 172 g/mol. The van der Waals surface area contributed by atoms with Crippen molar-refractivity contribution in [3.8, 4) is 0 Å². The van der Waals surface area contributed by atoms with Crippen molar-refractivity contribution in [1.82, 2.24) is 0 Å². The Labute approximate surface area is 84.2 Å². The van der Waals surface area contributed by atoms with Crippen LogP contribution in [0.1, 0.15) is 33.3 Å². The highest BCUT2D eigenvalue weighted by Gasteiger charge is 2.14. The molecule has 0 aliphatic rings. The molecule has 0 N–H and O–H groups in total. The maximum atomic E-state index is 2.30. The molecule has 0 spiro atoms. The van der Waals surface area contributed by atoms with E-state index in [1.165, 1.54) is 10.8 Å². The normalized spacial score (nSPS) is 11.7. The van der Waals surface area contributed by atoms with Gasteiger partial charge in [-0.1, -0.05) is 57.1 Å². The van der Waals surface area contributed by atoms with Crippen LogP contribution in [0.5, 0.6) is 0 Å². The Balaban J connectivity index is 2.87. The van der Waals surface area contributed by atoms with E-state index >= 15 is 0 Å². The molecule has 0 bridgehead atoms. The first-order valence-corrected chi connectivity index (χ1v) is 5.89. The van der Waals surface area contributed by atoms with Gasteiger partial charge in [0.2, 0.25) is 0 Å². The van der Waals surface area contributed by atoms with E-state index in [0.29, 0.717) is 5.04 Å². The molecule has 0 aliphatic heterocycles. The molecule has 2 radical (unpaired) electrons. The van der Waals surface area contributed by atoms with E-state index in [0.717, 1.165) is 15.9 Å². The van der Waals surface area contributed by atoms with Crippen molar-refractivity contribution in [1.29, 1.82) is 0 Å². The van der Waals surface area contributed by atoms with E-state index in [9.17, 15) is 0 Å². The zero-order valence-corrected chi connectivity index (χ0v) is 10.0. The van der Waals surface area contributed by atoms with Crippen molar-refractivity contribution in [2.45, 2.75) is 39.2 Å². The highest BCUT2D eigenvalue weighted by Crippen LogP contribution is 2.20. The minimum Gasteiger partial charge on any atom is -0.0633 e. The smallest absolute Gasteiger partial charge is 0.0633 e. The van der Waals surface area contributed by atoms with Crippen molar-refractivity contribution in [2.75, 3.05) is 0 Å². The summed E-state index contributed by atoms with van der Waals surface area (Å²) in [6.07, 6.45) is 1.15. The first-order valence-electron chi connectivity index (χ1n) is 4.89. The van der Waals surface area contributed by atoms with Gasteiger partial charge in [0.25, 0.3) is 0 Å². The summed E-state index contributed by atoms with van der Waals surface area (Å²) in [5.74, 6) is 0. The molecule has 70 valence electrons. The SMILES string of the molecule is CCc1ccccc1[Si]C(C)(C)C. The molecule has 0 unspecified atom stereocenters. The molecule has 13 heavy (non-hydrogen) atoms. The van der Waals surface area contributed by atoms with Crippen LogP contribution in [-0.4, -0.2) is 9.52 Å². The van der Waals surface area contributed by atoms with Crippen LogP contribution < -0.4 is 5.19 Å². The molecule has 1 rings (SSSR count). The van der Waals surface area contributed by atoms with Gasteiger partial charge in [0.05, 0.1) is 9.52 Å². The number of rotatable bonds is 2. The molecular formula is C12H18Si. The maximum Gasteiger partial charge on any atom is 0.0872 e. The van der Waals surface area contributed by atoms with Gasteiger partial charge in [-0.05, 0) is 17.0 Å². The second-order valence-electron chi connectivity index (χ2n) is 4.39. The van der Waals surface area contributed by atoms with Crippen LogP contribution in [0.2, 0.25) is 5.04 Å². The van der Waals surface area contributed by atoms with E-state index in [2.05, 4.69) is 52.0 Å². The minimum atomic E-state index is 0.422. The van der Waals surface area contributed by atoms with Gasteiger partial charge in [-0.25, -0.2) is 0 Å². The molecule has 0 aromatic heterocycles. The summed E-state index contributed by atoms with van der Waals surface area (Å²) in [7, 11) is 0.919. The van der Waals surface area contributed by atoms with E-state index in [1.807, 2.05) is 0 Å². The molecule has 0 fully saturated rings. The van der Waals surface area contributed by atoms with E-state index in [4.69, 9.17) is 0 Å². The number of benzene rings is 1. The minimum absolute atomic E-state index is 0.422. The van der Waals surface area contributed by atoms with Crippen molar-refractivity contribution >= 4 is 14.7 Å². The fraction of sp³-hybridized carbons (Fsp3) is 0.500. The van der Waals surface area contributed by atoms with Crippen LogP contribution >= 0.6 is 0 Å². The molecule has 1 aromatic carbocycles. The molecule has 0 nitrogen and oxygen atoms in total. The lowest BCUT2D eigenvalue weighted by molar-refractivity contribution is 0.759. The van der Waals surface area contributed by atoms with Crippen LogP contribution in [0.4, 0.5) is 0 Å². The summed E-state index contributed by atoms with van der Waals surface area (Å²) in [6.45, 7) is 9.14. The predicted molar refractivity (Wildman–Crippen MR) is 60.9 cm³/mol. The van der Waals surface area contributed by atoms with E-state index < -0.39 is 0 Å². The third kappa shape index (κ3) is 3.35. The highest BCUT2D eigenvalue weighted by atomic mass is 28.2. The predicted octanol–water partition coefficient (Wildman–Crippen LogP) is 2.80. The van der Waals surface area contributed by atoms with Crippen molar-refractivity contribution in [2.24, 2.45) is 0 Å². The maximum absolute atomic E-state index is 2.30. The topological polar surface area (TPSA) is 0 Å². The van der Waals surface area contributed by atoms with Crippen molar-refractivity contribution in [3.05, 3.63) is 29.8 Å². The second-order valence-corrected chi connectivity index (χ2v) is 6.67. The number of hydrogen-bond donors (Lipinski definition) is 0. The third-order valence-electron chi connectivity index (χ3n) is 1.91. The molecule has 1 aromatic rings. The Morgan fingerprint density at radius 1 is 1.15 bits per heavy atom. The standard InChI is InChI=1S/C12H18Si/c1-5-10-8-6-7-9-11(10)13-12(2,3)4/h6-9H,5H2,1-4H3. The van der Waals surface area contributed by atoms with Crippen molar-refractivity contribution in [3.63, 3.8) is 0 Å². The summed E-state index contributed by atoms with van der Waals surface area (Å²) in [5.41, 5.74) is 1.51. The molecule has 0 saturated heterocycles. The highest BCUT2D eigenvalue weighted by molar-refractivity contribution is 6.57. The molecule has 0 heterocycles. The average molecular weight is 190 g/mol. The fourth-order valence-corrected chi connectivity index (χ4v) is 2.76. The third-order valence-corrected chi connectivity index (χ3v) is 3.42. The molecule has 0 atom stereocenters. The lowest BCUT2D eigenvalue weighted by Gasteiger charge is -2.18. The van der Waals surface area contributed by atoms with Gasteiger partial charge in [0.15, 0.2) is 0 Å². The van der Waals surface area contributed by atoms with Crippen LogP contribution in [0.25, 0.3) is 0 Å². The average Bonchev–Trinajstić information content (AvgIpc) is 2.02. The first kappa shape index (κ1) is 10.5. The Bertz CT molecular complexity index is 271. The van der Waals surface area contributed by atoms with E-state index in [1.54, 1.807) is 0 Å². The number of aryl methyl sites for hydroxylation is 1. The largest absolute Gasteiger partial charge is 0.0872 e. The Hall–Kier alpha value is -0.563. The van der Waals surface area contributed by atoms with E-state index in [-0.39, 0.29) is 0 Å². The molecule has 0 amide bonds. The monoisotopic (exact) mass is 190 g/mol. The van der Waals surface area contributed by atoms with Gasteiger partial charge < -0.3 is 0 Å². The van der Waals surface area contributed by atoms with Gasteiger partial charge in [0.1, 0.15) is 0 Å². The lowest BCUT2D eigenvalue weighted by atomic mass is 10.2. The van der Waals surface area contributed by atoms with Crippen LogP contribution in [0.15, 0.2) is 24.3 Å². The van der Waals surface area contributed by atoms with Gasteiger partial charge in [-0.15, -0.1) is 0 Å². The summed E-state index contributed by atoms with van der Waals surface area (Å²) >= 11 is 0. The van der Waals surface area contributed by atoms with Crippen LogP contribution in [0.3, 0.4) is 0 Å². The van der Waals surface area contributed by atoms with Gasteiger partial charge in [-0.2, -0.15) is 0 Å². The zero-order chi connectivity index (χ0) is 9.90. The summed E-state index contributed by atoms with van der Waals surface area (Å²) in [6, 6.07) is 8.79. The molecule has 1 heteroatoms. The van der Waals surface area contributed by atoms with Gasteiger partial charge in [-0.3, -0.25) is 0 Å². The summed E-state index contributed by atoms with van der Waals surface area (Å²) in [5, 5.41) is 1.96. The van der Waals surface area contributed by atoms with Crippen molar-refractivity contribution < 1.29 is 0 Å². The molecule has 0 aliphatic carbocycles. The quantitative estimate of drug-likeness (QED) is 0.629. The van der Waals surface area contributed by atoms with Gasteiger partial charge >= 0.3 is 0 Å². The Morgan fingerprint density at radius 2 is 1.77 bits per heavy atom. The lowest BCUT2D eigenvalue weighted by Crippen LogP contribution is -2.26. The van der Waals surface area contributed by atoms with Crippen LogP contribution in [-0.2, 0) is 6.42 Å². The zero-order valence-electron chi connectivity index (χ0n) is 9.02. The molecule has 0 saturated carbocycles. The Kier molecular flexibility index (Phi) is 3.31. The first-order chi connectivity index (χ1) is 6.03. The Morgan fingerprint density at radius 3 is 2.31 bits per heavy atom. The summed E-state index contributed by atoms with van der Waals surface area (Å²) < 4.78 is 0. The fourth-order valence-electron chi connectivity index (χ4n) is 1.35. The van der Waals surface area contributed by atoms with Gasteiger partial charge in [0, 0.05) is 0 Å². The summed E-state index contributed by atoms with van der Waals surface area (Å²) in [4.78, 5) is 0. The second kappa shape index (κ2) is 4.10. The van der Waals surface area contributed by atoms with Crippen LogP contribution in [0, 0.1) is 0 Å².